The van der Waals surface area contributed by atoms with E-state index >= 15 is 0 Å². The molecule has 6 nitrogen and oxygen atoms in total. The Morgan fingerprint density at radius 2 is 2.22 bits per heavy atom. The minimum Gasteiger partial charge on any atom is -0.484 e. The third-order valence-corrected chi connectivity index (χ3v) is 3.55. The number of carbonyl (C=O) groups excluding carboxylic acids is 1. The molecule has 1 aromatic rings. The van der Waals surface area contributed by atoms with E-state index in [0.29, 0.717) is 25.1 Å². The summed E-state index contributed by atoms with van der Waals surface area (Å²) in [5, 5.41) is 14.0. The van der Waals surface area contributed by atoms with Crippen LogP contribution < -0.4 is 15.4 Å². The van der Waals surface area contributed by atoms with Gasteiger partial charge < -0.3 is 15.4 Å². The SMILES string of the molecule is C#CCCC1(CCNC(=O)COc2cccc(CNC)c2)N=N1. The van der Waals surface area contributed by atoms with Crippen LogP contribution in [0.4, 0.5) is 0 Å². The van der Waals surface area contributed by atoms with E-state index in [1.165, 1.54) is 0 Å². The minimum absolute atomic E-state index is 0.00531. The lowest BCUT2D eigenvalue weighted by Gasteiger charge is -2.11. The first-order chi connectivity index (χ1) is 11.2. The van der Waals surface area contributed by atoms with E-state index in [1.54, 1.807) is 0 Å². The van der Waals surface area contributed by atoms with Crippen molar-refractivity contribution >= 4 is 5.91 Å². The smallest absolute Gasteiger partial charge is 0.257 e. The Labute approximate surface area is 136 Å². The summed E-state index contributed by atoms with van der Waals surface area (Å²) >= 11 is 0. The third-order valence-electron chi connectivity index (χ3n) is 3.55. The van der Waals surface area contributed by atoms with Gasteiger partial charge in [0.1, 0.15) is 5.75 Å². The van der Waals surface area contributed by atoms with E-state index in [2.05, 4.69) is 26.8 Å². The first-order valence-corrected chi connectivity index (χ1v) is 7.68. The zero-order valence-corrected chi connectivity index (χ0v) is 13.3. The standard InChI is InChI=1S/C17H22N4O2/c1-3-4-8-17(20-21-17)9-10-19-16(22)13-23-15-7-5-6-14(11-15)12-18-2/h1,5-7,11,18H,4,8-10,12-13H2,2H3,(H,19,22). The van der Waals surface area contributed by atoms with Gasteiger partial charge in [-0.25, -0.2) is 0 Å². The van der Waals surface area contributed by atoms with Crippen molar-refractivity contribution in [1.29, 1.82) is 0 Å². The maximum Gasteiger partial charge on any atom is 0.257 e. The number of benzene rings is 1. The Balaban J connectivity index is 1.65. The summed E-state index contributed by atoms with van der Waals surface area (Å²) in [7, 11) is 1.88. The van der Waals surface area contributed by atoms with Crippen molar-refractivity contribution in [1.82, 2.24) is 10.6 Å². The van der Waals surface area contributed by atoms with Gasteiger partial charge in [0, 0.05) is 32.4 Å². The molecule has 1 aliphatic heterocycles. The van der Waals surface area contributed by atoms with E-state index < -0.39 is 0 Å². The predicted octanol–water partition coefficient (Wildman–Crippen LogP) is 1.87. The number of ether oxygens (including phenoxy) is 1. The molecule has 0 aliphatic carbocycles. The summed E-state index contributed by atoms with van der Waals surface area (Å²) in [6, 6.07) is 7.66. The molecule has 1 aromatic carbocycles. The number of carbonyl (C=O) groups is 1. The van der Waals surface area contributed by atoms with Crippen molar-refractivity contribution in [2.45, 2.75) is 31.5 Å². The lowest BCUT2D eigenvalue weighted by Crippen LogP contribution is -2.32. The molecule has 0 radical (unpaired) electrons. The van der Waals surface area contributed by atoms with Crippen LogP contribution in [0.1, 0.15) is 24.8 Å². The molecule has 0 fully saturated rings. The Morgan fingerprint density at radius 1 is 1.39 bits per heavy atom. The van der Waals surface area contributed by atoms with Crippen LogP contribution in [0.3, 0.4) is 0 Å². The number of rotatable bonds is 10. The largest absolute Gasteiger partial charge is 0.484 e. The van der Waals surface area contributed by atoms with Gasteiger partial charge in [0.2, 0.25) is 0 Å². The quantitative estimate of drug-likeness (QED) is 0.647. The summed E-state index contributed by atoms with van der Waals surface area (Å²) in [5.74, 6) is 3.11. The summed E-state index contributed by atoms with van der Waals surface area (Å²) in [6.07, 6.45) is 7.31. The molecule has 1 heterocycles. The van der Waals surface area contributed by atoms with E-state index in [9.17, 15) is 4.79 Å². The second kappa shape index (κ2) is 8.30. The van der Waals surface area contributed by atoms with Crippen LogP contribution in [0, 0.1) is 12.3 Å². The van der Waals surface area contributed by atoms with Gasteiger partial charge in [-0.1, -0.05) is 12.1 Å². The van der Waals surface area contributed by atoms with Gasteiger partial charge in [0.15, 0.2) is 12.3 Å². The van der Waals surface area contributed by atoms with Crippen molar-refractivity contribution in [2.24, 2.45) is 10.2 Å². The highest BCUT2D eigenvalue weighted by Crippen LogP contribution is 2.35. The highest BCUT2D eigenvalue weighted by Gasteiger charge is 2.38. The fraction of sp³-hybridized carbons (Fsp3) is 0.471. The van der Waals surface area contributed by atoms with Crippen molar-refractivity contribution in [3.63, 3.8) is 0 Å². The number of terminal acetylenes is 1. The maximum atomic E-state index is 11.8. The molecular formula is C17H22N4O2. The summed E-state index contributed by atoms with van der Waals surface area (Å²) < 4.78 is 5.50. The molecule has 0 unspecified atom stereocenters. The van der Waals surface area contributed by atoms with Crippen molar-refractivity contribution in [3.8, 4) is 18.1 Å². The fourth-order valence-corrected chi connectivity index (χ4v) is 2.22. The van der Waals surface area contributed by atoms with E-state index in [-0.39, 0.29) is 18.2 Å². The molecule has 2 rings (SSSR count). The van der Waals surface area contributed by atoms with Crippen LogP contribution in [0.2, 0.25) is 0 Å². The lowest BCUT2D eigenvalue weighted by molar-refractivity contribution is -0.123. The van der Waals surface area contributed by atoms with Gasteiger partial charge in [-0.3, -0.25) is 4.79 Å². The molecular weight excluding hydrogens is 292 g/mol. The molecule has 0 bridgehead atoms. The van der Waals surface area contributed by atoms with Crippen molar-refractivity contribution < 1.29 is 9.53 Å². The maximum absolute atomic E-state index is 11.8. The number of amides is 1. The van der Waals surface area contributed by atoms with Gasteiger partial charge in [0.05, 0.1) is 0 Å². The number of hydrogen-bond acceptors (Lipinski definition) is 5. The molecule has 0 saturated heterocycles. The predicted molar refractivity (Wildman–Crippen MR) is 88.0 cm³/mol. The Bertz CT molecular complexity index is 601. The molecule has 0 saturated carbocycles. The Kier molecular flexibility index (Phi) is 6.12. The van der Waals surface area contributed by atoms with Crippen LogP contribution in [0.15, 0.2) is 34.5 Å². The molecule has 0 aromatic heterocycles. The number of hydrogen-bond donors (Lipinski definition) is 2. The third kappa shape index (κ3) is 5.72. The Morgan fingerprint density at radius 3 is 2.91 bits per heavy atom. The molecule has 6 heteroatoms. The molecule has 0 atom stereocenters. The molecule has 23 heavy (non-hydrogen) atoms. The molecule has 2 N–H and O–H groups in total. The van der Waals surface area contributed by atoms with Crippen LogP contribution >= 0.6 is 0 Å². The van der Waals surface area contributed by atoms with E-state index in [4.69, 9.17) is 11.2 Å². The minimum atomic E-state index is -0.359. The van der Waals surface area contributed by atoms with Gasteiger partial charge >= 0.3 is 0 Å². The molecule has 122 valence electrons. The van der Waals surface area contributed by atoms with Gasteiger partial charge in [-0.15, -0.1) is 12.3 Å². The van der Waals surface area contributed by atoms with Crippen molar-refractivity contribution in [2.75, 3.05) is 20.2 Å². The van der Waals surface area contributed by atoms with Crippen LogP contribution in [-0.2, 0) is 11.3 Å². The first-order valence-electron chi connectivity index (χ1n) is 7.68. The summed E-state index contributed by atoms with van der Waals surface area (Å²) in [5.41, 5.74) is 0.750. The van der Waals surface area contributed by atoms with E-state index in [0.717, 1.165) is 18.5 Å². The summed E-state index contributed by atoms with van der Waals surface area (Å²) in [4.78, 5) is 11.8. The molecule has 1 amide bonds. The van der Waals surface area contributed by atoms with Crippen molar-refractivity contribution in [3.05, 3.63) is 29.8 Å². The monoisotopic (exact) mass is 314 g/mol. The van der Waals surface area contributed by atoms with Crippen LogP contribution in [0.25, 0.3) is 0 Å². The zero-order chi connectivity index (χ0) is 16.5. The Hall–Kier alpha value is -2.39. The van der Waals surface area contributed by atoms with Gasteiger partial charge in [0.25, 0.3) is 5.91 Å². The second-order valence-corrected chi connectivity index (χ2v) is 5.45. The molecule has 0 spiro atoms. The second-order valence-electron chi connectivity index (χ2n) is 5.45. The first kappa shape index (κ1) is 17.0. The zero-order valence-electron chi connectivity index (χ0n) is 13.3. The van der Waals surface area contributed by atoms with Crippen LogP contribution in [-0.4, -0.2) is 31.8 Å². The lowest BCUT2D eigenvalue weighted by atomic mass is 10.0. The topological polar surface area (TPSA) is 75.1 Å². The average Bonchev–Trinajstić information content (AvgIpc) is 3.32. The van der Waals surface area contributed by atoms with Gasteiger partial charge in [-0.2, -0.15) is 10.2 Å². The van der Waals surface area contributed by atoms with Gasteiger partial charge in [-0.05, 0) is 24.7 Å². The normalized spacial score (nSPS) is 14.1. The summed E-state index contributed by atoms with van der Waals surface area (Å²) in [6.45, 7) is 1.27. The van der Waals surface area contributed by atoms with E-state index in [1.807, 2.05) is 31.3 Å². The highest BCUT2D eigenvalue weighted by atomic mass is 16.5. The average molecular weight is 314 g/mol. The van der Waals surface area contributed by atoms with Crippen LogP contribution in [0.5, 0.6) is 5.75 Å². The molecule has 1 aliphatic rings. The highest BCUT2D eigenvalue weighted by molar-refractivity contribution is 5.77. The number of nitrogens with zero attached hydrogens (tertiary/aromatic N) is 2. The number of nitrogens with one attached hydrogen (secondary N) is 2. The fourth-order valence-electron chi connectivity index (χ4n) is 2.22.